The summed E-state index contributed by atoms with van der Waals surface area (Å²) in [6.45, 7) is 6.24. The maximum atomic E-state index is 11.5. The number of Topliss-reactive ketones (excluding diaryl/α,β-unsaturated/α-hetero) is 1. The van der Waals surface area contributed by atoms with E-state index in [1.807, 2.05) is 25.1 Å². The molecule has 3 aromatic rings. The van der Waals surface area contributed by atoms with E-state index in [2.05, 4.69) is 51.8 Å². The third-order valence-corrected chi connectivity index (χ3v) is 3.97. The normalized spacial score (nSPS) is 10.4. The molecule has 5 heteroatoms. The topological polar surface area (TPSA) is 66.9 Å². The van der Waals surface area contributed by atoms with Crippen molar-refractivity contribution in [1.29, 1.82) is 0 Å². The molecule has 0 bridgehead atoms. The SMILES string of the molecule is CC(=O)c1cccc(Nc2nc(C)cc(NCc3ccc(C)cc3)n2)c1. The number of carbonyl (C=O) groups is 1. The number of hydrogen-bond donors (Lipinski definition) is 2. The molecule has 132 valence electrons. The van der Waals surface area contributed by atoms with E-state index in [0.717, 1.165) is 17.2 Å². The second kappa shape index (κ2) is 7.78. The lowest BCUT2D eigenvalue weighted by Crippen LogP contribution is -2.06. The lowest BCUT2D eigenvalue weighted by molar-refractivity contribution is 0.101. The van der Waals surface area contributed by atoms with Crippen molar-refractivity contribution in [2.45, 2.75) is 27.3 Å². The van der Waals surface area contributed by atoms with Gasteiger partial charge in [-0.1, -0.05) is 42.0 Å². The minimum absolute atomic E-state index is 0.0271. The molecule has 26 heavy (non-hydrogen) atoms. The Morgan fingerprint density at radius 2 is 1.77 bits per heavy atom. The van der Waals surface area contributed by atoms with Gasteiger partial charge in [0.25, 0.3) is 0 Å². The van der Waals surface area contributed by atoms with Crippen LogP contribution in [-0.4, -0.2) is 15.8 Å². The molecule has 0 saturated carbocycles. The van der Waals surface area contributed by atoms with Gasteiger partial charge in [0, 0.05) is 29.6 Å². The van der Waals surface area contributed by atoms with Crippen LogP contribution in [0.15, 0.2) is 54.6 Å². The Kier molecular flexibility index (Phi) is 5.27. The van der Waals surface area contributed by atoms with Crippen LogP contribution in [0.5, 0.6) is 0 Å². The summed E-state index contributed by atoms with van der Waals surface area (Å²) in [7, 11) is 0. The Morgan fingerprint density at radius 3 is 2.50 bits per heavy atom. The molecular weight excluding hydrogens is 324 g/mol. The number of anilines is 3. The van der Waals surface area contributed by atoms with Crippen molar-refractivity contribution in [2.75, 3.05) is 10.6 Å². The summed E-state index contributed by atoms with van der Waals surface area (Å²) in [5.74, 6) is 1.28. The Labute approximate surface area is 153 Å². The van der Waals surface area contributed by atoms with E-state index in [1.54, 1.807) is 19.1 Å². The standard InChI is InChI=1S/C21H22N4O/c1-14-7-9-17(10-8-14)13-22-20-11-15(2)23-21(25-20)24-19-6-4-5-18(12-19)16(3)26/h4-12H,13H2,1-3H3,(H2,22,23,24,25). The third kappa shape index (κ3) is 4.66. The summed E-state index contributed by atoms with van der Waals surface area (Å²) in [5.41, 5.74) is 4.73. The number of rotatable bonds is 6. The van der Waals surface area contributed by atoms with E-state index in [1.165, 1.54) is 11.1 Å². The molecule has 0 aliphatic heterocycles. The number of benzene rings is 2. The van der Waals surface area contributed by atoms with Crippen molar-refractivity contribution in [1.82, 2.24) is 9.97 Å². The number of nitrogens with zero attached hydrogens (tertiary/aromatic N) is 2. The van der Waals surface area contributed by atoms with Crippen LogP contribution in [0.2, 0.25) is 0 Å². The molecular formula is C21H22N4O. The Balaban J connectivity index is 1.74. The van der Waals surface area contributed by atoms with Crippen molar-refractivity contribution in [3.8, 4) is 0 Å². The highest BCUT2D eigenvalue weighted by Crippen LogP contribution is 2.18. The lowest BCUT2D eigenvalue weighted by atomic mass is 10.1. The maximum absolute atomic E-state index is 11.5. The first kappa shape index (κ1) is 17.6. The predicted molar refractivity (Wildman–Crippen MR) is 105 cm³/mol. The fourth-order valence-corrected chi connectivity index (χ4v) is 2.56. The van der Waals surface area contributed by atoms with E-state index in [4.69, 9.17) is 0 Å². The van der Waals surface area contributed by atoms with E-state index >= 15 is 0 Å². The highest BCUT2D eigenvalue weighted by atomic mass is 16.1. The molecule has 0 spiro atoms. The van der Waals surface area contributed by atoms with Gasteiger partial charge in [-0.3, -0.25) is 4.79 Å². The first-order valence-corrected chi connectivity index (χ1v) is 8.53. The predicted octanol–water partition coefficient (Wildman–Crippen LogP) is 4.65. The summed E-state index contributed by atoms with van der Waals surface area (Å²) < 4.78 is 0. The minimum atomic E-state index is 0.0271. The molecule has 2 N–H and O–H groups in total. The lowest BCUT2D eigenvalue weighted by Gasteiger charge is -2.11. The van der Waals surface area contributed by atoms with E-state index < -0.39 is 0 Å². The number of aromatic nitrogens is 2. The zero-order valence-corrected chi connectivity index (χ0v) is 15.2. The van der Waals surface area contributed by atoms with E-state index in [-0.39, 0.29) is 5.78 Å². The second-order valence-electron chi connectivity index (χ2n) is 6.32. The van der Waals surface area contributed by atoms with Gasteiger partial charge in [0.15, 0.2) is 5.78 Å². The maximum Gasteiger partial charge on any atom is 0.229 e. The minimum Gasteiger partial charge on any atom is -0.366 e. The summed E-state index contributed by atoms with van der Waals surface area (Å²) >= 11 is 0. The first-order valence-electron chi connectivity index (χ1n) is 8.53. The van der Waals surface area contributed by atoms with E-state index in [9.17, 15) is 4.79 Å². The van der Waals surface area contributed by atoms with Crippen molar-refractivity contribution in [3.63, 3.8) is 0 Å². The van der Waals surface area contributed by atoms with Crippen LogP contribution >= 0.6 is 0 Å². The molecule has 0 saturated heterocycles. The van der Waals surface area contributed by atoms with Crippen LogP contribution in [0.1, 0.15) is 34.1 Å². The average molecular weight is 346 g/mol. The fourth-order valence-electron chi connectivity index (χ4n) is 2.56. The summed E-state index contributed by atoms with van der Waals surface area (Å²) in [4.78, 5) is 20.5. The zero-order valence-electron chi connectivity index (χ0n) is 15.2. The monoisotopic (exact) mass is 346 g/mol. The average Bonchev–Trinajstić information content (AvgIpc) is 2.61. The molecule has 0 atom stereocenters. The molecule has 0 radical (unpaired) electrons. The number of ketones is 1. The fraction of sp³-hybridized carbons (Fsp3) is 0.190. The van der Waals surface area contributed by atoms with Crippen LogP contribution in [0, 0.1) is 13.8 Å². The molecule has 0 aliphatic rings. The number of aryl methyl sites for hydroxylation is 2. The van der Waals surface area contributed by atoms with Gasteiger partial charge in [0.05, 0.1) is 0 Å². The van der Waals surface area contributed by atoms with Gasteiger partial charge in [0.2, 0.25) is 5.95 Å². The molecule has 2 aromatic carbocycles. The summed E-state index contributed by atoms with van der Waals surface area (Å²) in [5, 5.41) is 6.50. The van der Waals surface area contributed by atoms with Gasteiger partial charge >= 0.3 is 0 Å². The van der Waals surface area contributed by atoms with E-state index in [0.29, 0.717) is 18.1 Å². The van der Waals surface area contributed by atoms with Crippen LogP contribution < -0.4 is 10.6 Å². The van der Waals surface area contributed by atoms with Gasteiger partial charge in [-0.25, -0.2) is 4.98 Å². The highest BCUT2D eigenvalue weighted by Gasteiger charge is 2.05. The van der Waals surface area contributed by atoms with Crippen molar-refractivity contribution in [2.24, 2.45) is 0 Å². The highest BCUT2D eigenvalue weighted by molar-refractivity contribution is 5.95. The molecule has 0 unspecified atom stereocenters. The van der Waals surface area contributed by atoms with Crippen molar-refractivity contribution < 1.29 is 4.79 Å². The third-order valence-electron chi connectivity index (χ3n) is 3.97. The summed E-state index contributed by atoms with van der Waals surface area (Å²) in [6.07, 6.45) is 0. The second-order valence-corrected chi connectivity index (χ2v) is 6.32. The Bertz CT molecular complexity index is 920. The molecule has 0 amide bonds. The first-order chi connectivity index (χ1) is 12.5. The molecule has 5 nitrogen and oxygen atoms in total. The molecule has 0 aliphatic carbocycles. The number of nitrogens with one attached hydrogen (secondary N) is 2. The summed E-state index contributed by atoms with van der Waals surface area (Å²) in [6, 6.07) is 17.6. The molecule has 1 aromatic heterocycles. The van der Waals surface area contributed by atoms with Gasteiger partial charge in [-0.05, 0) is 38.5 Å². The number of hydrogen-bond acceptors (Lipinski definition) is 5. The van der Waals surface area contributed by atoms with Crippen LogP contribution in [0.4, 0.5) is 17.5 Å². The van der Waals surface area contributed by atoms with Crippen LogP contribution in [0.3, 0.4) is 0 Å². The van der Waals surface area contributed by atoms with Crippen molar-refractivity contribution in [3.05, 3.63) is 77.0 Å². The quantitative estimate of drug-likeness (QED) is 0.636. The Morgan fingerprint density at radius 1 is 1.00 bits per heavy atom. The van der Waals surface area contributed by atoms with Gasteiger partial charge in [-0.15, -0.1) is 0 Å². The van der Waals surface area contributed by atoms with Crippen molar-refractivity contribution >= 4 is 23.2 Å². The smallest absolute Gasteiger partial charge is 0.229 e. The molecule has 0 fully saturated rings. The largest absolute Gasteiger partial charge is 0.366 e. The molecule has 1 heterocycles. The Hall–Kier alpha value is -3.21. The van der Waals surface area contributed by atoms with Gasteiger partial charge < -0.3 is 10.6 Å². The van der Waals surface area contributed by atoms with Crippen LogP contribution in [0.25, 0.3) is 0 Å². The molecule has 3 rings (SSSR count). The van der Waals surface area contributed by atoms with Gasteiger partial charge in [0.1, 0.15) is 5.82 Å². The van der Waals surface area contributed by atoms with Crippen LogP contribution in [-0.2, 0) is 6.54 Å². The number of carbonyl (C=O) groups excluding carboxylic acids is 1. The zero-order chi connectivity index (χ0) is 18.5. The van der Waals surface area contributed by atoms with Gasteiger partial charge in [-0.2, -0.15) is 4.98 Å².